The maximum Gasteiger partial charge on any atom is 0.261 e. The summed E-state index contributed by atoms with van der Waals surface area (Å²) in [6.45, 7) is 8.45. The van der Waals surface area contributed by atoms with Crippen molar-refractivity contribution in [2.24, 2.45) is 0 Å². The Morgan fingerprint density at radius 2 is 1.66 bits per heavy atom. The summed E-state index contributed by atoms with van der Waals surface area (Å²) >= 11 is 12.6. The van der Waals surface area contributed by atoms with E-state index in [0.717, 1.165) is 12.8 Å². The van der Waals surface area contributed by atoms with Crippen LogP contribution in [-0.4, -0.2) is 35.9 Å². The smallest absolute Gasteiger partial charge is 0.261 e. The van der Waals surface area contributed by atoms with Crippen molar-refractivity contribution in [1.29, 1.82) is 0 Å². The molecule has 0 aromatic heterocycles. The Labute approximate surface area is 201 Å². The topological polar surface area (TPSA) is 58.6 Å². The molecule has 0 saturated heterocycles. The number of carbonyl (C=O) groups excluding carboxylic acids is 2. The monoisotopic (exact) mass is 478 g/mol. The molecular formula is C25H32Cl2N2O3. The van der Waals surface area contributed by atoms with Gasteiger partial charge in [-0.3, -0.25) is 9.59 Å². The second-order valence-electron chi connectivity index (χ2n) is 8.05. The molecule has 0 unspecified atom stereocenters. The molecule has 5 nitrogen and oxygen atoms in total. The Hall–Kier alpha value is -2.24. The highest BCUT2D eigenvalue weighted by molar-refractivity contribution is 6.36. The summed E-state index contributed by atoms with van der Waals surface area (Å²) in [5.41, 5.74) is 1.79. The van der Waals surface area contributed by atoms with Gasteiger partial charge in [-0.25, -0.2) is 0 Å². The molecule has 0 aliphatic carbocycles. The Balaban J connectivity index is 2.16. The Morgan fingerprint density at radius 1 is 1.03 bits per heavy atom. The molecule has 0 aliphatic heterocycles. The minimum atomic E-state index is -0.710. The average molecular weight is 479 g/mol. The fraction of sp³-hybridized carbons (Fsp3) is 0.440. The standard InChI is InChI=1S/C25H32Cl2N2O3/c1-5-6-14-28-25(31)18(4)29(15-21-22(26)8-7-9-23(21)27)24(30)16-32-20-12-10-19(11-13-20)17(2)3/h7-13,17-18H,5-6,14-16H2,1-4H3,(H,28,31)/t18-/m0/s1. The number of halogens is 2. The predicted molar refractivity (Wildman–Crippen MR) is 130 cm³/mol. The number of hydrogen-bond donors (Lipinski definition) is 1. The number of amides is 2. The van der Waals surface area contributed by atoms with Crippen LogP contribution in [0.2, 0.25) is 10.0 Å². The van der Waals surface area contributed by atoms with E-state index in [2.05, 4.69) is 26.1 Å². The first kappa shape index (κ1) is 26.0. The summed E-state index contributed by atoms with van der Waals surface area (Å²) in [7, 11) is 0. The first-order chi connectivity index (χ1) is 15.2. The van der Waals surface area contributed by atoms with Crippen LogP contribution in [0.4, 0.5) is 0 Å². The molecule has 0 aliphatic rings. The van der Waals surface area contributed by atoms with E-state index in [-0.39, 0.29) is 25.0 Å². The van der Waals surface area contributed by atoms with Gasteiger partial charge in [0.25, 0.3) is 5.91 Å². The van der Waals surface area contributed by atoms with Gasteiger partial charge in [0.1, 0.15) is 11.8 Å². The number of ether oxygens (including phenoxy) is 1. The lowest BCUT2D eigenvalue weighted by atomic mass is 10.0. The van der Waals surface area contributed by atoms with Gasteiger partial charge < -0.3 is 15.0 Å². The number of benzene rings is 2. The zero-order valence-corrected chi connectivity index (χ0v) is 20.7. The van der Waals surface area contributed by atoms with Crippen LogP contribution in [-0.2, 0) is 16.1 Å². The van der Waals surface area contributed by atoms with Gasteiger partial charge in [0.15, 0.2) is 6.61 Å². The predicted octanol–water partition coefficient (Wildman–Crippen LogP) is 5.83. The maximum absolute atomic E-state index is 13.1. The van der Waals surface area contributed by atoms with Crippen LogP contribution in [0.3, 0.4) is 0 Å². The lowest BCUT2D eigenvalue weighted by Crippen LogP contribution is -2.49. The van der Waals surface area contributed by atoms with Crippen molar-refractivity contribution in [2.45, 2.75) is 59.0 Å². The largest absolute Gasteiger partial charge is 0.484 e. The summed E-state index contributed by atoms with van der Waals surface area (Å²) in [5, 5.41) is 3.77. The fourth-order valence-electron chi connectivity index (χ4n) is 3.15. The highest BCUT2D eigenvalue weighted by atomic mass is 35.5. The van der Waals surface area contributed by atoms with Crippen LogP contribution in [0, 0.1) is 0 Å². The summed E-state index contributed by atoms with van der Waals surface area (Å²) in [4.78, 5) is 27.3. The van der Waals surface area contributed by atoms with Gasteiger partial charge in [0.05, 0.1) is 0 Å². The van der Waals surface area contributed by atoms with Crippen molar-refractivity contribution in [1.82, 2.24) is 10.2 Å². The van der Waals surface area contributed by atoms with Crippen molar-refractivity contribution in [3.63, 3.8) is 0 Å². The molecule has 1 atom stereocenters. The molecule has 7 heteroatoms. The summed E-state index contributed by atoms with van der Waals surface area (Å²) in [5.74, 6) is 0.454. The molecule has 0 saturated carbocycles. The number of unbranched alkanes of at least 4 members (excludes halogenated alkanes) is 1. The van der Waals surface area contributed by atoms with Crippen molar-refractivity contribution < 1.29 is 14.3 Å². The summed E-state index contributed by atoms with van der Waals surface area (Å²) in [6.07, 6.45) is 1.84. The molecule has 0 heterocycles. The zero-order chi connectivity index (χ0) is 23.7. The highest BCUT2D eigenvalue weighted by Gasteiger charge is 2.27. The van der Waals surface area contributed by atoms with Gasteiger partial charge in [0.2, 0.25) is 5.91 Å². The second kappa shape index (κ2) is 12.7. The third-order valence-corrected chi connectivity index (χ3v) is 6.00. The molecule has 0 bridgehead atoms. The minimum absolute atomic E-state index is 0.106. The lowest BCUT2D eigenvalue weighted by Gasteiger charge is -2.29. The van der Waals surface area contributed by atoms with Crippen LogP contribution in [0.15, 0.2) is 42.5 Å². The number of hydrogen-bond acceptors (Lipinski definition) is 3. The van der Waals surface area contributed by atoms with Gasteiger partial charge in [-0.1, -0.05) is 68.6 Å². The quantitative estimate of drug-likeness (QED) is 0.413. The van der Waals surface area contributed by atoms with Crippen LogP contribution in [0.25, 0.3) is 0 Å². The zero-order valence-electron chi connectivity index (χ0n) is 19.2. The molecule has 2 aromatic carbocycles. The lowest BCUT2D eigenvalue weighted by molar-refractivity contribution is -0.142. The van der Waals surface area contributed by atoms with Gasteiger partial charge in [-0.15, -0.1) is 0 Å². The Bertz CT molecular complexity index is 880. The SMILES string of the molecule is CCCCNC(=O)[C@H](C)N(Cc1c(Cl)cccc1Cl)C(=O)COc1ccc(C(C)C)cc1. The molecule has 0 spiro atoms. The van der Waals surface area contributed by atoms with Crippen molar-refractivity contribution >= 4 is 35.0 Å². The van der Waals surface area contributed by atoms with E-state index in [9.17, 15) is 9.59 Å². The third kappa shape index (κ3) is 7.42. The van der Waals surface area contributed by atoms with E-state index >= 15 is 0 Å². The van der Waals surface area contributed by atoms with Crippen molar-refractivity contribution in [3.05, 3.63) is 63.6 Å². The van der Waals surface area contributed by atoms with Crippen molar-refractivity contribution in [2.75, 3.05) is 13.2 Å². The third-order valence-electron chi connectivity index (χ3n) is 5.30. The number of carbonyl (C=O) groups is 2. The minimum Gasteiger partial charge on any atom is -0.484 e. The van der Waals surface area contributed by atoms with E-state index in [4.69, 9.17) is 27.9 Å². The molecule has 1 N–H and O–H groups in total. The van der Waals surface area contributed by atoms with Crippen LogP contribution in [0.1, 0.15) is 57.6 Å². The van der Waals surface area contributed by atoms with Gasteiger partial charge in [-0.05, 0) is 49.1 Å². The molecule has 2 aromatic rings. The van der Waals surface area contributed by atoms with Crippen LogP contribution in [0.5, 0.6) is 5.75 Å². The second-order valence-corrected chi connectivity index (χ2v) is 8.87. The Morgan fingerprint density at radius 3 is 2.22 bits per heavy atom. The summed E-state index contributed by atoms with van der Waals surface area (Å²) in [6, 6.07) is 12.1. The summed E-state index contributed by atoms with van der Waals surface area (Å²) < 4.78 is 5.72. The number of rotatable bonds is 11. The van der Waals surface area contributed by atoms with Crippen LogP contribution < -0.4 is 10.1 Å². The van der Waals surface area contributed by atoms with Gasteiger partial charge in [0, 0.05) is 28.7 Å². The number of nitrogens with one attached hydrogen (secondary N) is 1. The average Bonchev–Trinajstić information content (AvgIpc) is 2.77. The first-order valence-electron chi connectivity index (χ1n) is 11.0. The van der Waals surface area contributed by atoms with E-state index in [1.165, 1.54) is 10.5 Å². The molecule has 174 valence electrons. The fourth-order valence-corrected chi connectivity index (χ4v) is 3.67. The highest BCUT2D eigenvalue weighted by Crippen LogP contribution is 2.27. The molecule has 0 fully saturated rings. The van der Waals surface area contributed by atoms with Crippen molar-refractivity contribution in [3.8, 4) is 5.75 Å². The van der Waals surface area contributed by atoms with E-state index in [1.807, 2.05) is 24.3 Å². The Kier molecular flexibility index (Phi) is 10.3. The molecular weight excluding hydrogens is 447 g/mol. The number of nitrogens with zero attached hydrogens (tertiary/aromatic N) is 1. The van der Waals surface area contributed by atoms with Gasteiger partial charge in [-0.2, -0.15) is 0 Å². The van der Waals surface area contributed by atoms with E-state index < -0.39 is 6.04 Å². The first-order valence-corrected chi connectivity index (χ1v) is 11.7. The molecule has 2 rings (SSSR count). The van der Waals surface area contributed by atoms with E-state index in [1.54, 1.807) is 25.1 Å². The van der Waals surface area contributed by atoms with E-state index in [0.29, 0.717) is 33.8 Å². The molecule has 0 radical (unpaired) electrons. The van der Waals surface area contributed by atoms with Gasteiger partial charge >= 0.3 is 0 Å². The molecule has 2 amide bonds. The van der Waals surface area contributed by atoms with Crippen LogP contribution >= 0.6 is 23.2 Å². The normalized spacial score (nSPS) is 11.8. The molecule has 32 heavy (non-hydrogen) atoms. The maximum atomic E-state index is 13.1.